The summed E-state index contributed by atoms with van der Waals surface area (Å²) >= 11 is 0. The summed E-state index contributed by atoms with van der Waals surface area (Å²) < 4.78 is 0. The van der Waals surface area contributed by atoms with E-state index in [4.69, 9.17) is 5.73 Å². The van der Waals surface area contributed by atoms with Crippen molar-refractivity contribution in [3.8, 4) is 0 Å². The summed E-state index contributed by atoms with van der Waals surface area (Å²) in [6.07, 6.45) is 6.55. The van der Waals surface area contributed by atoms with Crippen LogP contribution in [-0.2, 0) is 11.2 Å². The monoisotopic (exact) mass is 228 g/mol. The second-order valence-corrected chi connectivity index (χ2v) is 4.08. The second-order valence-electron chi connectivity index (χ2n) is 4.08. The highest BCUT2D eigenvalue weighted by Crippen LogP contribution is 2.08. The van der Waals surface area contributed by atoms with Crippen LogP contribution in [0.25, 0.3) is 0 Å². The SMILES string of the molecule is NC(=O)C1=CN(CCc2ccccc2)CC=C1. The fourth-order valence-corrected chi connectivity index (χ4v) is 1.83. The largest absolute Gasteiger partial charge is 0.373 e. The smallest absolute Gasteiger partial charge is 0.250 e. The predicted molar refractivity (Wildman–Crippen MR) is 68.1 cm³/mol. The lowest BCUT2D eigenvalue weighted by molar-refractivity contribution is -0.114. The number of hydrogen-bond donors (Lipinski definition) is 1. The van der Waals surface area contributed by atoms with Gasteiger partial charge in [-0.15, -0.1) is 0 Å². The molecular weight excluding hydrogens is 212 g/mol. The normalized spacial score (nSPS) is 14.6. The summed E-state index contributed by atoms with van der Waals surface area (Å²) in [7, 11) is 0. The quantitative estimate of drug-likeness (QED) is 0.848. The number of benzene rings is 1. The van der Waals surface area contributed by atoms with Gasteiger partial charge >= 0.3 is 0 Å². The van der Waals surface area contributed by atoms with Crippen LogP contribution in [0.15, 0.2) is 54.3 Å². The molecule has 1 aliphatic heterocycles. The molecule has 1 aromatic rings. The van der Waals surface area contributed by atoms with E-state index in [-0.39, 0.29) is 5.91 Å². The summed E-state index contributed by atoms with van der Waals surface area (Å²) in [6, 6.07) is 10.3. The van der Waals surface area contributed by atoms with Crippen molar-refractivity contribution in [3.63, 3.8) is 0 Å². The molecule has 1 heterocycles. The van der Waals surface area contributed by atoms with Crippen molar-refractivity contribution < 1.29 is 4.79 Å². The molecule has 2 N–H and O–H groups in total. The number of nitrogens with zero attached hydrogens (tertiary/aromatic N) is 1. The third-order valence-electron chi connectivity index (χ3n) is 2.77. The molecular formula is C14H16N2O. The first-order valence-electron chi connectivity index (χ1n) is 5.72. The molecule has 3 nitrogen and oxygen atoms in total. The Labute approximate surface area is 101 Å². The molecule has 0 spiro atoms. The van der Waals surface area contributed by atoms with E-state index < -0.39 is 0 Å². The summed E-state index contributed by atoms with van der Waals surface area (Å²) in [5.74, 6) is -0.370. The van der Waals surface area contributed by atoms with Crippen LogP contribution >= 0.6 is 0 Å². The highest BCUT2D eigenvalue weighted by molar-refractivity contribution is 5.94. The minimum absolute atomic E-state index is 0.370. The molecule has 17 heavy (non-hydrogen) atoms. The third-order valence-corrected chi connectivity index (χ3v) is 2.77. The number of carbonyl (C=O) groups excluding carboxylic acids is 1. The van der Waals surface area contributed by atoms with Crippen molar-refractivity contribution in [3.05, 3.63) is 59.8 Å². The maximum absolute atomic E-state index is 11.1. The van der Waals surface area contributed by atoms with Crippen LogP contribution in [0.2, 0.25) is 0 Å². The van der Waals surface area contributed by atoms with Crippen molar-refractivity contribution >= 4 is 5.91 Å². The van der Waals surface area contributed by atoms with Gasteiger partial charge in [0.15, 0.2) is 0 Å². The minimum atomic E-state index is -0.370. The number of hydrogen-bond acceptors (Lipinski definition) is 2. The Morgan fingerprint density at radius 3 is 2.76 bits per heavy atom. The lowest BCUT2D eigenvalue weighted by Crippen LogP contribution is -2.26. The van der Waals surface area contributed by atoms with Gasteiger partial charge < -0.3 is 10.6 Å². The van der Waals surface area contributed by atoms with Crippen LogP contribution in [0.4, 0.5) is 0 Å². The lowest BCUT2D eigenvalue weighted by Gasteiger charge is -2.22. The van der Waals surface area contributed by atoms with E-state index in [1.54, 1.807) is 6.08 Å². The average molecular weight is 228 g/mol. The van der Waals surface area contributed by atoms with Gasteiger partial charge in [-0.3, -0.25) is 4.79 Å². The van der Waals surface area contributed by atoms with Crippen LogP contribution in [0, 0.1) is 0 Å². The lowest BCUT2D eigenvalue weighted by atomic mass is 10.1. The van der Waals surface area contributed by atoms with Gasteiger partial charge in [-0.1, -0.05) is 42.5 Å². The molecule has 0 saturated carbocycles. The van der Waals surface area contributed by atoms with Crippen molar-refractivity contribution in [1.29, 1.82) is 0 Å². The van der Waals surface area contributed by atoms with Crippen LogP contribution < -0.4 is 5.73 Å². The molecule has 88 valence electrons. The highest BCUT2D eigenvalue weighted by atomic mass is 16.1. The molecule has 0 atom stereocenters. The van der Waals surface area contributed by atoms with E-state index in [0.717, 1.165) is 19.5 Å². The van der Waals surface area contributed by atoms with E-state index in [1.807, 2.05) is 30.5 Å². The molecule has 0 saturated heterocycles. The molecule has 0 aromatic heterocycles. The van der Waals surface area contributed by atoms with E-state index in [1.165, 1.54) is 5.56 Å². The fraction of sp³-hybridized carbons (Fsp3) is 0.214. The van der Waals surface area contributed by atoms with Crippen molar-refractivity contribution in [2.24, 2.45) is 5.73 Å². The molecule has 1 amide bonds. The van der Waals surface area contributed by atoms with Gasteiger partial charge in [-0.25, -0.2) is 0 Å². The zero-order chi connectivity index (χ0) is 12.1. The van der Waals surface area contributed by atoms with E-state index in [9.17, 15) is 4.79 Å². The molecule has 0 bridgehead atoms. The Balaban J connectivity index is 1.93. The first kappa shape index (κ1) is 11.5. The van der Waals surface area contributed by atoms with Gasteiger partial charge in [0, 0.05) is 19.3 Å². The standard InChI is InChI=1S/C14H16N2O/c15-14(17)13-7-4-9-16(11-13)10-8-12-5-2-1-3-6-12/h1-7,11H,8-10H2,(H2,15,17). The fourth-order valence-electron chi connectivity index (χ4n) is 1.83. The molecule has 0 radical (unpaired) electrons. The maximum atomic E-state index is 11.1. The van der Waals surface area contributed by atoms with Crippen LogP contribution in [0.5, 0.6) is 0 Å². The number of amides is 1. The highest BCUT2D eigenvalue weighted by Gasteiger charge is 2.08. The van der Waals surface area contributed by atoms with Crippen LogP contribution in [0.3, 0.4) is 0 Å². The average Bonchev–Trinajstić information content (AvgIpc) is 2.38. The number of nitrogens with two attached hydrogens (primary N) is 1. The number of carbonyl (C=O) groups is 1. The Morgan fingerprint density at radius 2 is 2.06 bits per heavy atom. The van der Waals surface area contributed by atoms with Crippen molar-refractivity contribution in [1.82, 2.24) is 4.90 Å². The van der Waals surface area contributed by atoms with E-state index in [2.05, 4.69) is 17.0 Å². The summed E-state index contributed by atoms with van der Waals surface area (Å²) in [6.45, 7) is 1.73. The Bertz CT molecular complexity index is 449. The van der Waals surface area contributed by atoms with Gasteiger partial charge in [0.25, 0.3) is 0 Å². The summed E-state index contributed by atoms with van der Waals surface area (Å²) in [5, 5.41) is 0. The van der Waals surface area contributed by atoms with Gasteiger partial charge in [0.2, 0.25) is 5.91 Å². The van der Waals surface area contributed by atoms with Gasteiger partial charge in [-0.2, -0.15) is 0 Å². The zero-order valence-corrected chi connectivity index (χ0v) is 9.67. The third kappa shape index (κ3) is 3.21. The van der Waals surface area contributed by atoms with Gasteiger partial charge in [-0.05, 0) is 12.0 Å². The molecule has 1 aliphatic rings. The van der Waals surface area contributed by atoms with E-state index >= 15 is 0 Å². The summed E-state index contributed by atoms with van der Waals surface area (Å²) in [5.41, 5.74) is 7.13. The van der Waals surface area contributed by atoms with Crippen LogP contribution in [0.1, 0.15) is 5.56 Å². The Morgan fingerprint density at radius 1 is 1.29 bits per heavy atom. The molecule has 0 unspecified atom stereocenters. The van der Waals surface area contributed by atoms with E-state index in [0.29, 0.717) is 5.57 Å². The molecule has 1 aromatic carbocycles. The number of rotatable bonds is 4. The molecule has 0 fully saturated rings. The molecule has 2 rings (SSSR count). The maximum Gasteiger partial charge on any atom is 0.250 e. The minimum Gasteiger partial charge on any atom is -0.373 e. The Hall–Kier alpha value is -2.03. The van der Waals surface area contributed by atoms with Crippen molar-refractivity contribution in [2.75, 3.05) is 13.1 Å². The van der Waals surface area contributed by atoms with Gasteiger partial charge in [0.05, 0.1) is 5.57 Å². The first-order chi connectivity index (χ1) is 8.25. The molecule has 0 aliphatic carbocycles. The van der Waals surface area contributed by atoms with Gasteiger partial charge in [0.1, 0.15) is 0 Å². The second kappa shape index (κ2) is 5.34. The predicted octanol–water partition coefficient (Wildman–Crippen LogP) is 1.47. The summed E-state index contributed by atoms with van der Waals surface area (Å²) in [4.78, 5) is 13.2. The first-order valence-corrected chi connectivity index (χ1v) is 5.72. The topological polar surface area (TPSA) is 46.3 Å². The van der Waals surface area contributed by atoms with Crippen molar-refractivity contribution in [2.45, 2.75) is 6.42 Å². The Kier molecular flexibility index (Phi) is 3.60. The molecule has 3 heteroatoms. The van der Waals surface area contributed by atoms with Crippen LogP contribution in [-0.4, -0.2) is 23.9 Å². The zero-order valence-electron chi connectivity index (χ0n) is 9.67. The number of primary amides is 1.